The Labute approximate surface area is 48.3 Å². The highest BCUT2D eigenvalue weighted by Crippen LogP contribution is 1.87. The minimum absolute atomic E-state index is 1.05. The molecule has 1 rings (SSSR count). The fourth-order valence-electron chi connectivity index (χ4n) is 0.564. The van der Waals surface area contributed by atoms with Crippen LogP contribution in [0.25, 0.3) is 0 Å². The Hall–Kier alpha value is -1.05. The molecule has 42 valence electrons. The molecule has 1 aromatic heterocycles. The van der Waals surface area contributed by atoms with Crippen molar-refractivity contribution in [3.05, 3.63) is 24.0 Å². The molecule has 2 nitrogen and oxygen atoms in total. The second-order valence-corrected chi connectivity index (χ2v) is 1.51. The van der Waals surface area contributed by atoms with Crippen LogP contribution >= 0.6 is 0 Å². The summed E-state index contributed by atoms with van der Waals surface area (Å²) >= 11 is 0. The van der Waals surface area contributed by atoms with E-state index in [2.05, 4.69) is 9.98 Å². The lowest BCUT2D eigenvalue weighted by molar-refractivity contribution is 1.36. The number of nitrogens with zero attached hydrogens (tertiary/aromatic N) is 1. The molecule has 0 aromatic carbocycles. The molecule has 0 atom stereocenters. The van der Waals surface area contributed by atoms with Crippen LogP contribution in [0.4, 0.5) is 0 Å². The van der Waals surface area contributed by atoms with Gasteiger partial charge in [-0.2, -0.15) is 0 Å². The van der Waals surface area contributed by atoms with Gasteiger partial charge in [-0.1, -0.05) is 0 Å². The summed E-state index contributed by atoms with van der Waals surface area (Å²) in [6.45, 7) is 0. The van der Waals surface area contributed by atoms with E-state index in [9.17, 15) is 0 Å². The van der Waals surface area contributed by atoms with Gasteiger partial charge in [-0.15, -0.1) is 0 Å². The number of rotatable bonds is 1. The van der Waals surface area contributed by atoms with Crippen LogP contribution in [0.5, 0.6) is 0 Å². The Morgan fingerprint density at radius 3 is 3.12 bits per heavy atom. The van der Waals surface area contributed by atoms with Crippen molar-refractivity contribution in [2.45, 2.75) is 0 Å². The Morgan fingerprint density at radius 1 is 1.75 bits per heavy atom. The third-order valence-electron chi connectivity index (χ3n) is 0.890. The van der Waals surface area contributed by atoms with Crippen LogP contribution in [-0.4, -0.2) is 18.2 Å². The molecular formula is C6H8N2. The average Bonchev–Trinajstić information content (AvgIpc) is 2.19. The summed E-state index contributed by atoms with van der Waals surface area (Å²) in [4.78, 5) is 6.81. The SMILES string of the molecule is C/N=C\c1ccc[nH]1. The van der Waals surface area contributed by atoms with Gasteiger partial charge >= 0.3 is 0 Å². The second-order valence-electron chi connectivity index (χ2n) is 1.51. The molecule has 8 heavy (non-hydrogen) atoms. The molecule has 2 heteroatoms. The topological polar surface area (TPSA) is 28.1 Å². The lowest BCUT2D eigenvalue weighted by Crippen LogP contribution is -1.75. The molecule has 1 N–H and O–H groups in total. The van der Waals surface area contributed by atoms with Gasteiger partial charge in [0.1, 0.15) is 0 Å². The molecular weight excluding hydrogens is 100 g/mol. The van der Waals surface area contributed by atoms with Crippen LogP contribution in [0, 0.1) is 0 Å². The zero-order valence-corrected chi connectivity index (χ0v) is 4.76. The van der Waals surface area contributed by atoms with Crippen LogP contribution in [0.1, 0.15) is 5.69 Å². The van der Waals surface area contributed by atoms with Crippen LogP contribution in [-0.2, 0) is 0 Å². The van der Waals surface area contributed by atoms with Crippen molar-refractivity contribution in [2.24, 2.45) is 4.99 Å². The van der Waals surface area contributed by atoms with Crippen molar-refractivity contribution < 1.29 is 0 Å². The van der Waals surface area contributed by atoms with E-state index in [1.807, 2.05) is 18.3 Å². The highest BCUT2D eigenvalue weighted by molar-refractivity contribution is 5.76. The van der Waals surface area contributed by atoms with Gasteiger partial charge in [0.05, 0.1) is 5.69 Å². The maximum Gasteiger partial charge on any atom is 0.0561 e. The first kappa shape index (κ1) is 5.09. The molecule has 0 aliphatic rings. The highest BCUT2D eigenvalue weighted by atomic mass is 14.7. The monoisotopic (exact) mass is 108 g/mol. The third-order valence-corrected chi connectivity index (χ3v) is 0.890. The van der Waals surface area contributed by atoms with Crippen molar-refractivity contribution in [1.82, 2.24) is 4.98 Å². The minimum atomic E-state index is 1.05. The Bertz CT molecular complexity index is 163. The summed E-state index contributed by atoms with van der Waals surface area (Å²) in [5.74, 6) is 0. The van der Waals surface area contributed by atoms with Gasteiger partial charge in [-0.3, -0.25) is 4.99 Å². The number of nitrogens with one attached hydrogen (secondary N) is 1. The molecule has 1 heterocycles. The van der Waals surface area contributed by atoms with Crippen LogP contribution in [0.2, 0.25) is 0 Å². The molecule has 0 aliphatic carbocycles. The molecule has 0 radical (unpaired) electrons. The second kappa shape index (κ2) is 2.31. The molecule has 0 aliphatic heterocycles. The Morgan fingerprint density at radius 2 is 2.62 bits per heavy atom. The van der Waals surface area contributed by atoms with Gasteiger partial charge in [0.2, 0.25) is 0 Å². The van der Waals surface area contributed by atoms with Crippen molar-refractivity contribution >= 4 is 6.21 Å². The van der Waals surface area contributed by atoms with Crippen molar-refractivity contribution in [2.75, 3.05) is 7.05 Å². The maximum atomic E-state index is 3.82. The van der Waals surface area contributed by atoms with E-state index < -0.39 is 0 Å². The lowest BCUT2D eigenvalue weighted by atomic mass is 10.5. The Balaban J connectivity index is 2.77. The van der Waals surface area contributed by atoms with Gasteiger partial charge < -0.3 is 4.98 Å². The summed E-state index contributed by atoms with van der Waals surface area (Å²) in [6, 6.07) is 3.91. The molecule has 1 aromatic rings. The lowest BCUT2D eigenvalue weighted by Gasteiger charge is -1.77. The van der Waals surface area contributed by atoms with Gasteiger partial charge in [-0.05, 0) is 12.1 Å². The minimum Gasteiger partial charge on any atom is -0.360 e. The summed E-state index contributed by atoms with van der Waals surface area (Å²) in [6.07, 6.45) is 3.65. The van der Waals surface area contributed by atoms with Crippen LogP contribution in [0.3, 0.4) is 0 Å². The predicted octanol–water partition coefficient (Wildman–Crippen LogP) is 1.06. The average molecular weight is 108 g/mol. The van der Waals surface area contributed by atoms with E-state index in [0.717, 1.165) is 5.69 Å². The maximum absolute atomic E-state index is 3.82. The number of hydrogen-bond donors (Lipinski definition) is 1. The molecule has 0 unspecified atom stereocenters. The number of aliphatic imine (C=N–C) groups is 1. The first-order chi connectivity index (χ1) is 3.93. The Kier molecular flexibility index (Phi) is 1.47. The zero-order chi connectivity index (χ0) is 5.82. The van der Waals surface area contributed by atoms with E-state index in [-0.39, 0.29) is 0 Å². The molecule has 0 fully saturated rings. The van der Waals surface area contributed by atoms with E-state index in [1.165, 1.54) is 0 Å². The predicted molar refractivity (Wildman–Crippen MR) is 34.3 cm³/mol. The fraction of sp³-hybridized carbons (Fsp3) is 0.167. The normalized spacial score (nSPS) is 10.6. The largest absolute Gasteiger partial charge is 0.360 e. The highest BCUT2D eigenvalue weighted by Gasteiger charge is 1.79. The number of aromatic nitrogens is 1. The number of aromatic amines is 1. The first-order valence-corrected chi connectivity index (χ1v) is 2.49. The summed E-state index contributed by atoms with van der Waals surface area (Å²) in [5.41, 5.74) is 1.05. The summed E-state index contributed by atoms with van der Waals surface area (Å²) in [5, 5.41) is 0. The smallest absolute Gasteiger partial charge is 0.0561 e. The van der Waals surface area contributed by atoms with Crippen LogP contribution < -0.4 is 0 Å². The van der Waals surface area contributed by atoms with Crippen molar-refractivity contribution in [1.29, 1.82) is 0 Å². The fourth-order valence-corrected chi connectivity index (χ4v) is 0.564. The zero-order valence-electron chi connectivity index (χ0n) is 4.76. The number of hydrogen-bond acceptors (Lipinski definition) is 1. The molecule has 0 saturated carbocycles. The van der Waals surface area contributed by atoms with Gasteiger partial charge in [0, 0.05) is 19.5 Å². The molecule has 0 amide bonds. The quantitative estimate of drug-likeness (QED) is 0.521. The summed E-state index contributed by atoms with van der Waals surface area (Å²) < 4.78 is 0. The van der Waals surface area contributed by atoms with E-state index in [1.54, 1.807) is 13.3 Å². The van der Waals surface area contributed by atoms with Gasteiger partial charge in [0.25, 0.3) is 0 Å². The van der Waals surface area contributed by atoms with Gasteiger partial charge in [-0.25, -0.2) is 0 Å². The van der Waals surface area contributed by atoms with Gasteiger partial charge in [0.15, 0.2) is 0 Å². The van der Waals surface area contributed by atoms with Crippen molar-refractivity contribution in [3.63, 3.8) is 0 Å². The first-order valence-electron chi connectivity index (χ1n) is 2.49. The van der Waals surface area contributed by atoms with E-state index in [4.69, 9.17) is 0 Å². The number of H-pyrrole nitrogens is 1. The van der Waals surface area contributed by atoms with E-state index >= 15 is 0 Å². The summed E-state index contributed by atoms with van der Waals surface area (Å²) in [7, 11) is 1.75. The van der Waals surface area contributed by atoms with Crippen molar-refractivity contribution in [3.8, 4) is 0 Å². The molecule has 0 bridgehead atoms. The van der Waals surface area contributed by atoms with Crippen LogP contribution in [0.15, 0.2) is 23.3 Å². The standard InChI is InChI=1S/C6H8N2/c1-7-5-6-3-2-4-8-6/h2-5,8H,1H3/b7-5-. The molecule has 0 spiro atoms. The van der Waals surface area contributed by atoms with E-state index in [0.29, 0.717) is 0 Å². The third kappa shape index (κ3) is 0.964. The molecule has 0 saturated heterocycles.